The SMILES string of the molecule is CC#CCCNC(CN)c1cccc(OC(C)C)c1. The lowest BCUT2D eigenvalue weighted by Gasteiger charge is -2.18. The van der Waals surface area contributed by atoms with Crippen LogP contribution in [0.5, 0.6) is 5.75 Å². The molecule has 3 nitrogen and oxygen atoms in total. The van der Waals surface area contributed by atoms with E-state index in [0.717, 1.165) is 24.3 Å². The standard InChI is InChI=1S/C16H24N2O/c1-4-5-6-10-18-16(12-17)14-8-7-9-15(11-14)19-13(2)3/h7-9,11,13,16,18H,6,10,12,17H2,1-3H3. The summed E-state index contributed by atoms with van der Waals surface area (Å²) in [6.07, 6.45) is 1.02. The van der Waals surface area contributed by atoms with E-state index in [0.29, 0.717) is 6.54 Å². The van der Waals surface area contributed by atoms with Gasteiger partial charge in [0.05, 0.1) is 6.10 Å². The molecule has 0 fully saturated rings. The van der Waals surface area contributed by atoms with Crippen molar-refractivity contribution < 1.29 is 4.74 Å². The molecule has 0 saturated heterocycles. The van der Waals surface area contributed by atoms with Crippen LogP contribution in [-0.4, -0.2) is 19.2 Å². The fourth-order valence-electron chi connectivity index (χ4n) is 1.85. The second-order valence-corrected chi connectivity index (χ2v) is 4.66. The zero-order valence-corrected chi connectivity index (χ0v) is 12.1. The molecule has 104 valence electrons. The zero-order valence-electron chi connectivity index (χ0n) is 12.1. The van der Waals surface area contributed by atoms with E-state index < -0.39 is 0 Å². The number of nitrogens with one attached hydrogen (secondary N) is 1. The summed E-state index contributed by atoms with van der Waals surface area (Å²) in [6, 6.07) is 8.25. The van der Waals surface area contributed by atoms with Gasteiger partial charge in [-0.1, -0.05) is 12.1 Å². The van der Waals surface area contributed by atoms with E-state index >= 15 is 0 Å². The van der Waals surface area contributed by atoms with Crippen molar-refractivity contribution in [2.75, 3.05) is 13.1 Å². The topological polar surface area (TPSA) is 47.3 Å². The molecule has 0 saturated carbocycles. The van der Waals surface area contributed by atoms with E-state index in [2.05, 4.69) is 29.3 Å². The van der Waals surface area contributed by atoms with Gasteiger partial charge in [-0.05, 0) is 38.5 Å². The van der Waals surface area contributed by atoms with Crippen LogP contribution >= 0.6 is 0 Å². The molecule has 0 aliphatic heterocycles. The van der Waals surface area contributed by atoms with Gasteiger partial charge in [0.1, 0.15) is 5.75 Å². The maximum absolute atomic E-state index is 5.83. The molecule has 0 heterocycles. The van der Waals surface area contributed by atoms with Crippen molar-refractivity contribution in [2.24, 2.45) is 5.73 Å². The molecule has 0 radical (unpaired) electrons. The lowest BCUT2D eigenvalue weighted by atomic mass is 10.1. The van der Waals surface area contributed by atoms with Crippen molar-refractivity contribution in [2.45, 2.75) is 39.3 Å². The molecule has 0 aliphatic rings. The van der Waals surface area contributed by atoms with Crippen LogP contribution in [0.4, 0.5) is 0 Å². The van der Waals surface area contributed by atoms with E-state index in [1.54, 1.807) is 0 Å². The molecule has 0 bridgehead atoms. The average Bonchev–Trinajstić information content (AvgIpc) is 2.38. The summed E-state index contributed by atoms with van der Waals surface area (Å²) in [7, 11) is 0. The minimum absolute atomic E-state index is 0.148. The number of rotatable bonds is 7. The van der Waals surface area contributed by atoms with Crippen molar-refractivity contribution in [1.29, 1.82) is 0 Å². The number of ether oxygens (including phenoxy) is 1. The fourth-order valence-corrected chi connectivity index (χ4v) is 1.85. The van der Waals surface area contributed by atoms with Gasteiger partial charge >= 0.3 is 0 Å². The Morgan fingerprint density at radius 1 is 1.37 bits per heavy atom. The maximum atomic E-state index is 5.83. The zero-order chi connectivity index (χ0) is 14.1. The molecule has 1 unspecified atom stereocenters. The van der Waals surface area contributed by atoms with E-state index in [-0.39, 0.29) is 12.1 Å². The Hall–Kier alpha value is -1.50. The Morgan fingerprint density at radius 2 is 2.16 bits per heavy atom. The average molecular weight is 260 g/mol. The van der Waals surface area contributed by atoms with Crippen LogP contribution in [0.2, 0.25) is 0 Å². The van der Waals surface area contributed by atoms with E-state index in [9.17, 15) is 0 Å². The molecule has 1 aromatic carbocycles. The Kier molecular flexibility index (Phi) is 7.02. The van der Waals surface area contributed by atoms with Crippen LogP contribution in [0.25, 0.3) is 0 Å². The molecule has 3 heteroatoms. The molecule has 1 aromatic rings. The molecule has 0 aliphatic carbocycles. The minimum Gasteiger partial charge on any atom is -0.491 e. The van der Waals surface area contributed by atoms with Crippen molar-refractivity contribution in [3.05, 3.63) is 29.8 Å². The first-order chi connectivity index (χ1) is 9.17. The largest absolute Gasteiger partial charge is 0.491 e. The lowest BCUT2D eigenvalue weighted by Crippen LogP contribution is -2.28. The smallest absolute Gasteiger partial charge is 0.120 e. The molecule has 19 heavy (non-hydrogen) atoms. The quantitative estimate of drug-likeness (QED) is 0.585. The number of hydrogen-bond donors (Lipinski definition) is 2. The van der Waals surface area contributed by atoms with Gasteiger partial charge in [-0.25, -0.2) is 0 Å². The Bertz CT molecular complexity index is 432. The van der Waals surface area contributed by atoms with Gasteiger partial charge < -0.3 is 15.8 Å². The highest BCUT2D eigenvalue weighted by Gasteiger charge is 2.09. The van der Waals surface area contributed by atoms with E-state index in [1.807, 2.05) is 32.9 Å². The molecular formula is C16H24N2O. The molecule has 0 amide bonds. The van der Waals surface area contributed by atoms with Gasteiger partial charge in [0, 0.05) is 25.6 Å². The summed E-state index contributed by atoms with van der Waals surface area (Å²) in [6.45, 7) is 7.30. The van der Waals surface area contributed by atoms with Gasteiger partial charge in [-0.3, -0.25) is 0 Å². The number of nitrogens with two attached hydrogens (primary N) is 1. The van der Waals surface area contributed by atoms with Crippen LogP contribution in [0.15, 0.2) is 24.3 Å². The summed E-state index contributed by atoms with van der Waals surface area (Å²) in [5.41, 5.74) is 6.99. The van der Waals surface area contributed by atoms with E-state index in [4.69, 9.17) is 10.5 Å². The minimum atomic E-state index is 0.148. The summed E-state index contributed by atoms with van der Waals surface area (Å²) >= 11 is 0. The summed E-state index contributed by atoms with van der Waals surface area (Å²) in [5.74, 6) is 6.82. The van der Waals surface area contributed by atoms with Crippen molar-refractivity contribution in [3.63, 3.8) is 0 Å². The fraction of sp³-hybridized carbons (Fsp3) is 0.500. The first kappa shape index (κ1) is 15.6. The number of hydrogen-bond acceptors (Lipinski definition) is 3. The summed E-state index contributed by atoms with van der Waals surface area (Å²) in [5, 5.41) is 3.42. The van der Waals surface area contributed by atoms with Crippen molar-refractivity contribution >= 4 is 0 Å². The summed E-state index contributed by atoms with van der Waals surface area (Å²) < 4.78 is 5.70. The normalized spacial score (nSPS) is 11.8. The first-order valence-corrected chi connectivity index (χ1v) is 6.77. The van der Waals surface area contributed by atoms with Gasteiger partial charge in [0.15, 0.2) is 0 Å². The second-order valence-electron chi connectivity index (χ2n) is 4.66. The summed E-state index contributed by atoms with van der Waals surface area (Å²) in [4.78, 5) is 0. The van der Waals surface area contributed by atoms with Crippen molar-refractivity contribution in [1.82, 2.24) is 5.32 Å². The molecule has 0 spiro atoms. The monoisotopic (exact) mass is 260 g/mol. The maximum Gasteiger partial charge on any atom is 0.120 e. The van der Waals surface area contributed by atoms with Crippen LogP contribution < -0.4 is 15.8 Å². The molecule has 1 rings (SSSR count). The Labute approximate surface area is 116 Å². The van der Waals surface area contributed by atoms with Gasteiger partial charge in [-0.15, -0.1) is 11.8 Å². The third-order valence-electron chi connectivity index (χ3n) is 2.69. The molecular weight excluding hydrogens is 236 g/mol. The Morgan fingerprint density at radius 3 is 2.79 bits per heavy atom. The molecule has 3 N–H and O–H groups in total. The Balaban J connectivity index is 2.65. The highest BCUT2D eigenvalue weighted by molar-refractivity contribution is 5.31. The highest BCUT2D eigenvalue weighted by atomic mass is 16.5. The van der Waals surface area contributed by atoms with Gasteiger partial charge in [0.2, 0.25) is 0 Å². The highest BCUT2D eigenvalue weighted by Crippen LogP contribution is 2.19. The van der Waals surface area contributed by atoms with Crippen LogP contribution in [-0.2, 0) is 0 Å². The van der Waals surface area contributed by atoms with E-state index in [1.165, 1.54) is 0 Å². The van der Waals surface area contributed by atoms with Gasteiger partial charge in [0.25, 0.3) is 0 Å². The van der Waals surface area contributed by atoms with Gasteiger partial charge in [-0.2, -0.15) is 0 Å². The second kappa shape index (κ2) is 8.58. The molecule has 0 aromatic heterocycles. The van der Waals surface area contributed by atoms with Crippen molar-refractivity contribution in [3.8, 4) is 17.6 Å². The third-order valence-corrected chi connectivity index (χ3v) is 2.69. The third kappa shape index (κ3) is 5.78. The number of benzene rings is 1. The molecule has 1 atom stereocenters. The predicted octanol–water partition coefficient (Wildman–Crippen LogP) is 2.48. The van der Waals surface area contributed by atoms with Crippen LogP contribution in [0.1, 0.15) is 38.8 Å². The van der Waals surface area contributed by atoms with Crippen LogP contribution in [0.3, 0.4) is 0 Å². The van der Waals surface area contributed by atoms with Crippen LogP contribution in [0, 0.1) is 11.8 Å². The first-order valence-electron chi connectivity index (χ1n) is 6.77. The predicted molar refractivity (Wildman–Crippen MR) is 80.1 cm³/mol. The lowest BCUT2D eigenvalue weighted by molar-refractivity contribution is 0.242.